The Morgan fingerprint density at radius 3 is 2.56 bits per heavy atom. The van der Waals surface area contributed by atoms with Crippen LogP contribution in [0.1, 0.15) is 71.8 Å². The highest BCUT2D eigenvalue weighted by Gasteiger charge is 2.57. The van der Waals surface area contributed by atoms with Gasteiger partial charge in [0, 0.05) is 0 Å². The summed E-state index contributed by atoms with van der Waals surface area (Å²) in [6, 6.07) is 8.04. The van der Waals surface area contributed by atoms with E-state index in [1.165, 1.54) is 16.7 Å². The molecule has 3 aliphatic rings. The van der Waals surface area contributed by atoms with E-state index >= 15 is 0 Å². The molecule has 2 bridgehead atoms. The van der Waals surface area contributed by atoms with Crippen molar-refractivity contribution in [1.29, 1.82) is 0 Å². The molecule has 1 heterocycles. The Bertz CT molecular complexity index is 870. The average Bonchev–Trinajstić information content (AvgIpc) is 3.46. The number of hydrogen-bond acceptors (Lipinski definition) is 4. The summed E-state index contributed by atoms with van der Waals surface area (Å²) < 4.78 is 17.6. The lowest BCUT2D eigenvalue weighted by Crippen LogP contribution is -2.38. The van der Waals surface area contributed by atoms with Gasteiger partial charge in [0.25, 0.3) is 0 Å². The fraction of sp³-hybridized carbons (Fsp3) is 0.643. The molecule has 2 aliphatic carbocycles. The molecule has 4 rings (SSSR count). The summed E-state index contributed by atoms with van der Waals surface area (Å²) in [6.07, 6.45) is 7.96. The molecule has 0 radical (unpaired) electrons. The third-order valence-corrected chi connectivity index (χ3v) is 8.44. The molecule has 4 heteroatoms. The van der Waals surface area contributed by atoms with Crippen molar-refractivity contribution in [2.24, 2.45) is 11.3 Å². The van der Waals surface area contributed by atoms with E-state index in [-0.39, 0.29) is 17.1 Å². The largest absolute Gasteiger partial charge is 0.497 e. The number of hydrogen-bond donors (Lipinski definition) is 1. The van der Waals surface area contributed by atoms with Gasteiger partial charge in [-0.2, -0.15) is 0 Å². The number of epoxide rings is 1. The molecule has 1 aliphatic heterocycles. The lowest BCUT2D eigenvalue weighted by Gasteiger charge is -2.45. The minimum atomic E-state index is -0.532. The van der Waals surface area contributed by atoms with Crippen molar-refractivity contribution in [2.75, 3.05) is 13.7 Å². The zero-order valence-electron chi connectivity index (χ0n) is 20.4. The third kappa shape index (κ3) is 4.69. The van der Waals surface area contributed by atoms with E-state index in [1.54, 1.807) is 7.11 Å². The van der Waals surface area contributed by atoms with Crippen LogP contribution in [0, 0.1) is 11.3 Å². The van der Waals surface area contributed by atoms with E-state index in [0.717, 1.165) is 49.8 Å². The fourth-order valence-corrected chi connectivity index (χ4v) is 5.68. The van der Waals surface area contributed by atoms with Gasteiger partial charge in [0.1, 0.15) is 18.0 Å². The fourth-order valence-electron chi connectivity index (χ4n) is 5.68. The van der Waals surface area contributed by atoms with E-state index in [4.69, 9.17) is 14.2 Å². The maximum Gasteiger partial charge on any atom is 0.118 e. The molecular weight excluding hydrogens is 400 g/mol. The zero-order valence-corrected chi connectivity index (χ0v) is 20.4. The van der Waals surface area contributed by atoms with Crippen LogP contribution < -0.4 is 4.74 Å². The first kappa shape index (κ1) is 23.5. The van der Waals surface area contributed by atoms with E-state index in [0.29, 0.717) is 19.1 Å². The molecule has 0 aromatic heterocycles. The molecule has 5 atom stereocenters. The molecule has 0 unspecified atom stereocenters. The van der Waals surface area contributed by atoms with Crippen LogP contribution >= 0.6 is 0 Å². The van der Waals surface area contributed by atoms with Gasteiger partial charge in [0.05, 0.1) is 25.9 Å². The summed E-state index contributed by atoms with van der Waals surface area (Å²) in [7, 11) is 1.68. The molecular formula is C28H40O4. The summed E-state index contributed by atoms with van der Waals surface area (Å²) in [4.78, 5) is 0. The Kier molecular flexibility index (Phi) is 6.86. The lowest BCUT2D eigenvalue weighted by atomic mass is 9.61. The molecule has 176 valence electrons. The van der Waals surface area contributed by atoms with Gasteiger partial charge in [0.2, 0.25) is 0 Å². The quantitative estimate of drug-likeness (QED) is 0.452. The Morgan fingerprint density at radius 2 is 1.84 bits per heavy atom. The Morgan fingerprint density at radius 1 is 1.09 bits per heavy atom. The number of methoxy groups -OCH3 is 1. The van der Waals surface area contributed by atoms with Gasteiger partial charge in [-0.25, -0.2) is 0 Å². The number of ether oxygens (including phenoxy) is 3. The van der Waals surface area contributed by atoms with Crippen molar-refractivity contribution < 1.29 is 19.3 Å². The maximum atomic E-state index is 11.4. The van der Waals surface area contributed by atoms with E-state index < -0.39 is 6.10 Å². The highest BCUT2D eigenvalue weighted by Crippen LogP contribution is 2.52. The average molecular weight is 441 g/mol. The second-order valence-electron chi connectivity index (χ2n) is 10.6. The first-order valence-corrected chi connectivity index (χ1v) is 12.2. The van der Waals surface area contributed by atoms with Crippen LogP contribution in [0.3, 0.4) is 0 Å². The van der Waals surface area contributed by atoms with Gasteiger partial charge in [-0.1, -0.05) is 37.6 Å². The zero-order chi connectivity index (χ0) is 22.9. The highest BCUT2D eigenvalue weighted by molar-refractivity contribution is 5.33. The van der Waals surface area contributed by atoms with Crippen molar-refractivity contribution in [2.45, 2.75) is 90.6 Å². The predicted octanol–water partition coefficient (Wildman–Crippen LogP) is 5.98. The maximum absolute atomic E-state index is 11.4. The first-order chi connectivity index (χ1) is 15.3. The van der Waals surface area contributed by atoms with Crippen molar-refractivity contribution in [3.8, 4) is 5.75 Å². The predicted molar refractivity (Wildman–Crippen MR) is 128 cm³/mol. The third-order valence-electron chi connectivity index (χ3n) is 8.44. The van der Waals surface area contributed by atoms with Crippen molar-refractivity contribution >= 4 is 0 Å². The summed E-state index contributed by atoms with van der Waals surface area (Å²) >= 11 is 0. The van der Waals surface area contributed by atoms with E-state index in [2.05, 4.69) is 45.9 Å². The number of allylic oxidation sites excluding steroid dienone is 2. The summed E-state index contributed by atoms with van der Waals surface area (Å²) in [5.74, 6) is 1.41. The van der Waals surface area contributed by atoms with Crippen LogP contribution in [-0.4, -0.2) is 36.6 Å². The van der Waals surface area contributed by atoms with Crippen LogP contribution in [0.15, 0.2) is 47.1 Å². The van der Waals surface area contributed by atoms with Gasteiger partial charge in [-0.3, -0.25) is 0 Å². The molecule has 1 aromatic rings. The molecule has 32 heavy (non-hydrogen) atoms. The van der Waals surface area contributed by atoms with Crippen LogP contribution in [0.4, 0.5) is 0 Å². The van der Waals surface area contributed by atoms with Crippen molar-refractivity contribution in [3.63, 3.8) is 0 Å². The summed E-state index contributed by atoms with van der Waals surface area (Å²) in [6.45, 7) is 10.3. The lowest BCUT2D eigenvalue weighted by molar-refractivity contribution is 0.0900. The van der Waals surface area contributed by atoms with Gasteiger partial charge >= 0.3 is 0 Å². The van der Waals surface area contributed by atoms with Crippen LogP contribution in [-0.2, 0) is 16.1 Å². The number of fused-ring (bicyclic) bond motifs is 2. The van der Waals surface area contributed by atoms with Gasteiger partial charge < -0.3 is 19.3 Å². The second-order valence-corrected chi connectivity index (χ2v) is 10.6. The van der Waals surface area contributed by atoms with Crippen molar-refractivity contribution in [3.05, 3.63) is 52.6 Å². The molecule has 0 saturated carbocycles. The number of aliphatic hydroxyl groups is 1. The summed E-state index contributed by atoms with van der Waals surface area (Å²) in [5.41, 5.74) is 4.89. The van der Waals surface area contributed by atoms with E-state index in [9.17, 15) is 5.11 Å². The van der Waals surface area contributed by atoms with Crippen molar-refractivity contribution in [1.82, 2.24) is 0 Å². The second kappa shape index (κ2) is 9.32. The highest BCUT2D eigenvalue weighted by atomic mass is 16.6. The molecule has 4 nitrogen and oxygen atoms in total. The Labute approximate surface area is 193 Å². The standard InChI is InChI=1S/C28H40O4/c1-19-7-6-15-28(4)26(32-28)25(29)23-13-8-20(2)27(3,16-14-19)24(23)18-31-17-21-9-11-22(30-5)12-10-21/h7,9-12,20,25-26,29H,6,8,13-18H2,1-5H3/b19-7+/t20-,25-,26+,27+,28+/m1/s1. The Hall–Kier alpha value is -1.62. The molecule has 1 aromatic carbocycles. The normalized spacial score (nSPS) is 36.9. The van der Waals surface area contributed by atoms with E-state index in [1.807, 2.05) is 12.1 Å². The smallest absolute Gasteiger partial charge is 0.118 e. The van der Waals surface area contributed by atoms with Crippen LogP contribution in [0.2, 0.25) is 0 Å². The number of aliphatic hydroxyl groups excluding tert-OH is 1. The molecule has 1 saturated heterocycles. The molecule has 1 fully saturated rings. The van der Waals surface area contributed by atoms with Gasteiger partial charge in [0.15, 0.2) is 0 Å². The van der Waals surface area contributed by atoms with Gasteiger partial charge in [-0.15, -0.1) is 0 Å². The molecule has 1 N–H and O–H groups in total. The first-order valence-electron chi connectivity index (χ1n) is 12.2. The summed E-state index contributed by atoms with van der Waals surface area (Å²) in [5, 5.41) is 11.4. The monoisotopic (exact) mass is 440 g/mol. The van der Waals surface area contributed by atoms with Crippen LogP contribution in [0.25, 0.3) is 0 Å². The number of rotatable bonds is 5. The van der Waals surface area contributed by atoms with Gasteiger partial charge in [-0.05, 0) is 92.5 Å². The Balaban J connectivity index is 1.60. The minimum absolute atomic E-state index is 0.0219. The number of benzene rings is 1. The minimum Gasteiger partial charge on any atom is -0.497 e. The topological polar surface area (TPSA) is 51.2 Å². The molecule has 0 spiro atoms. The molecule has 0 amide bonds. The van der Waals surface area contributed by atoms with Crippen LogP contribution in [0.5, 0.6) is 5.75 Å². The SMILES string of the molecule is COc1ccc(COCC2=C3CC[C@@H](C)[C@]2(C)CC/C(C)=C/CC[C@]2(C)O[C@H]2[C@@H]3O)cc1.